The number of benzene rings is 1. The van der Waals surface area contributed by atoms with Crippen LogP contribution < -0.4 is 10.5 Å². The highest BCUT2D eigenvalue weighted by Crippen LogP contribution is 2.16. The third-order valence-corrected chi connectivity index (χ3v) is 4.13. The molecule has 2 rings (SSSR count). The maximum Gasteiger partial charge on any atom is 0.243 e. The average molecular weight is 295 g/mol. The molecule has 0 amide bonds. The Morgan fingerprint density at radius 3 is 2.65 bits per heavy atom. The van der Waals surface area contributed by atoms with Crippen molar-refractivity contribution in [1.82, 2.24) is 9.71 Å². The molecule has 2 aromatic rings. The molecule has 1 aromatic carbocycles. The van der Waals surface area contributed by atoms with Crippen molar-refractivity contribution in [3.8, 4) is 0 Å². The first kappa shape index (κ1) is 14.6. The first-order valence-electron chi connectivity index (χ1n) is 5.91. The summed E-state index contributed by atoms with van der Waals surface area (Å²) in [5.74, 6) is -0.818. The number of halogens is 1. The molecule has 0 bridgehead atoms. The van der Waals surface area contributed by atoms with Crippen LogP contribution >= 0.6 is 0 Å². The lowest BCUT2D eigenvalue weighted by Crippen LogP contribution is -2.24. The second-order valence-corrected chi connectivity index (χ2v) is 5.85. The SMILES string of the molecule is NCc1ccc(S(=O)(=O)NCc2ccccn2)c(F)c1. The Morgan fingerprint density at radius 1 is 1.25 bits per heavy atom. The Labute approximate surface area is 116 Å². The number of nitrogens with zero attached hydrogens (tertiary/aromatic N) is 1. The first-order valence-corrected chi connectivity index (χ1v) is 7.39. The van der Waals surface area contributed by atoms with Crippen molar-refractivity contribution < 1.29 is 12.8 Å². The van der Waals surface area contributed by atoms with E-state index in [1.165, 1.54) is 12.1 Å². The van der Waals surface area contributed by atoms with Gasteiger partial charge in [0.15, 0.2) is 0 Å². The number of pyridine rings is 1. The topological polar surface area (TPSA) is 85.1 Å². The predicted octanol–water partition coefficient (Wildman–Crippen LogP) is 1.16. The van der Waals surface area contributed by atoms with Gasteiger partial charge >= 0.3 is 0 Å². The summed E-state index contributed by atoms with van der Waals surface area (Å²) in [4.78, 5) is 3.59. The van der Waals surface area contributed by atoms with Gasteiger partial charge < -0.3 is 5.73 Å². The number of hydrogen-bond donors (Lipinski definition) is 2. The van der Waals surface area contributed by atoms with Crippen LogP contribution in [0.15, 0.2) is 47.5 Å². The molecule has 0 spiro atoms. The van der Waals surface area contributed by atoms with Gasteiger partial charge in [-0.15, -0.1) is 0 Å². The summed E-state index contributed by atoms with van der Waals surface area (Å²) >= 11 is 0. The summed E-state index contributed by atoms with van der Waals surface area (Å²) in [6.45, 7) is 0.153. The molecular weight excluding hydrogens is 281 g/mol. The van der Waals surface area contributed by atoms with Crippen molar-refractivity contribution in [3.05, 3.63) is 59.7 Å². The maximum atomic E-state index is 13.8. The summed E-state index contributed by atoms with van der Waals surface area (Å²) in [5, 5.41) is 0. The second kappa shape index (κ2) is 6.08. The van der Waals surface area contributed by atoms with E-state index in [-0.39, 0.29) is 13.1 Å². The first-order chi connectivity index (χ1) is 9.53. The molecule has 0 aliphatic rings. The Morgan fingerprint density at radius 2 is 2.05 bits per heavy atom. The molecule has 0 saturated heterocycles. The fraction of sp³-hybridized carbons (Fsp3) is 0.154. The highest BCUT2D eigenvalue weighted by molar-refractivity contribution is 7.89. The second-order valence-electron chi connectivity index (χ2n) is 4.11. The fourth-order valence-corrected chi connectivity index (χ4v) is 2.69. The van der Waals surface area contributed by atoms with Crippen molar-refractivity contribution in [3.63, 3.8) is 0 Å². The van der Waals surface area contributed by atoms with Gasteiger partial charge in [0.1, 0.15) is 10.7 Å². The largest absolute Gasteiger partial charge is 0.326 e. The smallest absolute Gasteiger partial charge is 0.243 e. The van der Waals surface area contributed by atoms with E-state index in [0.29, 0.717) is 11.3 Å². The van der Waals surface area contributed by atoms with Crippen LogP contribution in [0.2, 0.25) is 0 Å². The minimum atomic E-state index is -3.92. The van der Waals surface area contributed by atoms with Crippen LogP contribution in [-0.4, -0.2) is 13.4 Å². The van der Waals surface area contributed by atoms with E-state index in [1.54, 1.807) is 24.4 Å². The molecule has 7 heteroatoms. The van der Waals surface area contributed by atoms with E-state index in [1.807, 2.05) is 0 Å². The van der Waals surface area contributed by atoms with Gasteiger partial charge in [-0.3, -0.25) is 4.98 Å². The lowest BCUT2D eigenvalue weighted by atomic mass is 10.2. The number of hydrogen-bond acceptors (Lipinski definition) is 4. The average Bonchev–Trinajstić information content (AvgIpc) is 2.46. The molecule has 106 valence electrons. The summed E-state index contributed by atoms with van der Waals surface area (Å²) in [6.07, 6.45) is 1.56. The third-order valence-electron chi connectivity index (χ3n) is 2.69. The van der Waals surface area contributed by atoms with Crippen molar-refractivity contribution in [2.75, 3.05) is 0 Å². The van der Waals surface area contributed by atoms with Gasteiger partial charge in [0.25, 0.3) is 0 Å². The minimum absolute atomic E-state index is 0.00124. The van der Waals surface area contributed by atoms with E-state index in [2.05, 4.69) is 9.71 Å². The van der Waals surface area contributed by atoms with E-state index in [4.69, 9.17) is 5.73 Å². The molecule has 0 aliphatic heterocycles. The van der Waals surface area contributed by atoms with Gasteiger partial charge in [-0.05, 0) is 29.8 Å². The van der Waals surface area contributed by atoms with Gasteiger partial charge in [0, 0.05) is 12.7 Å². The lowest BCUT2D eigenvalue weighted by Gasteiger charge is -2.08. The molecule has 1 aromatic heterocycles. The van der Waals surface area contributed by atoms with Gasteiger partial charge in [-0.2, -0.15) is 0 Å². The van der Waals surface area contributed by atoms with E-state index in [9.17, 15) is 12.8 Å². The zero-order valence-electron chi connectivity index (χ0n) is 10.6. The molecule has 1 heterocycles. The number of sulfonamides is 1. The molecule has 0 unspecified atom stereocenters. The summed E-state index contributed by atoms with van der Waals surface area (Å²) in [6, 6.07) is 8.96. The lowest BCUT2D eigenvalue weighted by molar-refractivity contribution is 0.555. The third kappa shape index (κ3) is 3.38. The van der Waals surface area contributed by atoms with Crippen LogP contribution in [-0.2, 0) is 23.1 Å². The normalized spacial score (nSPS) is 11.5. The summed E-state index contributed by atoms with van der Waals surface area (Å²) in [7, 11) is -3.92. The van der Waals surface area contributed by atoms with Crippen molar-refractivity contribution >= 4 is 10.0 Å². The summed E-state index contributed by atoms with van der Waals surface area (Å²) in [5.41, 5.74) is 6.46. The van der Waals surface area contributed by atoms with E-state index < -0.39 is 20.7 Å². The summed E-state index contributed by atoms with van der Waals surface area (Å²) < 4.78 is 40.1. The van der Waals surface area contributed by atoms with Crippen LogP contribution in [0.4, 0.5) is 4.39 Å². The molecule has 5 nitrogen and oxygen atoms in total. The van der Waals surface area contributed by atoms with Crippen LogP contribution in [0, 0.1) is 5.82 Å². The number of aromatic nitrogens is 1. The Bertz CT molecular complexity index is 690. The van der Waals surface area contributed by atoms with Crippen LogP contribution in [0.5, 0.6) is 0 Å². The van der Waals surface area contributed by atoms with Gasteiger partial charge in [-0.1, -0.05) is 12.1 Å². The molecule has 20 heavy (non-hydrogen) atoms. The Hall–Kier alpha value is -1.83. The predicted molar refractivity (Wildman–Crippen MR) is 72.6 cm³/mol. The quantitative estimate of drug-likeness (QED) is 0.866. The molecular formula is C13H14FN3O2S. The zero-order chi connectivity index (χ0) is 14.6. The van der Waals surface area contributed by atoms with Crippen molar-refractivity contribution in [2.45, 2.75) is 18.0 Å². The highest BCUT2D eigenvalue weighted by atomic mass is 32.2. The van der Waals surface area contributed by atoms with Crippen LogP contribution in [0.3, 0.4) is 0 Å². The molecule has 0 atom stereocenters. The van der Waals surface area contributed by atoms with Gasteiger partial charge in [0.2, 0.25) is 10.0 Å². The van der Waals surface area contributed by atoms with Crippen LogP contribution in [0.25, 0.3) is 0 Å². The molecule has 0 aliphatic carbocycles. The standard InChI is InChI=1S/C13H14FN3O2S/c14-12-7-10(8-15)4-5-13(12)20(18,19)17-9-11-3-1-2-6-16-11/h1-7,17H,8-9,15H2. The monoisotopic (exact) mass is 295 g/mol. The fourth-order valence-electron chi connectivity index (χ4n) is 1.64. The van der Waals surface area contributed by atoms with E-state index in [0.717, 1.165) is 6.07 Å². The Balaban J connectivity index is 2.18. The highest BCUT2D eigenvalue weighted by Gasteiger charge is 2.19. The maximum absolute atomic E-state index is 13.8. The van der Waals surface area contributed by atoms with Gasteiger partial charge in [-0.25, -0.2) is 17.5 Å². The minimum Gasteiger partial charge on any atom is -0.326 e. The molecule has 0 fully saturated rings. The van der Waals surface area contributed by atoms with Crippen molar-refractivity contribution in [1.29, 1.82) is 0 Å². The number of nitrogens with one attached hydrogen (secondary N) is 1. The van der Waals surface area contributed by atoms with Gasteiger partial charge in [0.05, 0.1) is 12.2 Å². The Kier molecular flexibility index (Phi) is 4.43. The molecule has 0 radical (unpaired) electrons. The van der Waals surface area contributed by atoms with Crippen LogP contribution in [0.1, 0.15) is 11.3 Å². The van der Waals surface area contributed by atoms with Crippen molar-refractivity contribution in [2.24, 2.45) is 5.73 Å². The molecule has 0 saturated carbocycles. The van der Waals surface area contributed by atoms with E-state index >= 15 is 0 Å². The number of rotatable bonds is 5. The molecule has 3 N–H and O–H groups in total. The number of nitrogens with two attached hydrogens (primary N) is 1. The zero-order valence-corrected chi connectivity index (χ0v) is 11.4.